The summed E-state index contributed by atoms with van der Waals surface area (Å²) in [5.41, 5.74) is 10.4. The van der Waals surface area contributed by atoms with E-state index in [0.717, 1.165) is 49.9 Å². The van der Waals surface area contributed by atoms with Gasteiger partial charge in [0, 0.05) is 75.7 Å². The maximum absolute atomic E-state index is 6.67. The van der Waals surface area contributed by atoms with Crippen molar-refractivity contribution in [2.24, 2.45) is 0 Å². The van der Waals surface area contributed by atoms with Crippen molar-refractivity contribution in [1.29, 1.82) is 0 Å². The molecule has 6 heteroatoms. The van der Waals surface area contributed by atoms with Gasteiger partial charge in [-0.25, -0.2) is 15.0 Å². The van der Waals surface area contributed by atoms with Crippen molar-refractivity contribution in [3.63, 3.8) is 0 Å². The van der Waals surface area contributed by atoms with E-state index in [9.17, 15) is 0 Å². The molecule has 266 valence electrons. The van der Waals surface area contributed by atoms with Crippen LogP contribution >= 0.6 is 11.3 Å². The van der Waals surface area contributed by atoms with Gasteiger partial charge in [-0.15, -0.1) is 11.3 Å². The fourth-order valence-corrected chi connectivity index (χ4v) is 9.74. The molecule has 0 aliphatic heterocycles. The minimum Gasteiger partial charge on any atom is -0.456 e. The van der Waals surface area contributed by atoms with Crippen LogP contribution in [0.25, 0.3) is 115 Å². The zero-order chi connectivity index (χ0) is 37.5. The van der Waals surface area contributed by atoms with Gasteiger partial charge in [-0.3, -0.25) is 0 Å². The van der Waals surface area contributed by atoms with Gasteiger partial charge in [0.05, 0.1) is 11.0 Å². The Morgan fingerprint density at radius 3 is 1.68 bits per heavy atom. The number of thiophene rings is 1. The van der Waals surface area contributed by atoms with Gasteiger partial charge in [0.1, 0.15) is 11.2 Å². The van der Waals surface area contributed by atoms with Crippen LogP contribution in [-0.2, 0) is 0 Å². The van der Waals surface area contributed by atoms with Gasteiger partial charge in [-0.2, -0.15) is 0 Å². The smallest absolute Gasteiger partial charge is 0.164 e. The SMILES string of the molecule is c1ccc(-c2nc(-c3ccccc3)nc(-c3ccc4c(c3)sc3c(-c5cccc6oc7cc(-n8c9ccccc9c9ccccc98)ccc7c56)cccc34)n2)cc1. The molecule has 0 unspecified atom stereocenters. The maximum atomic E-state index is 6.67. The fraction of sp³-hybridized carbons (Fsp3) is 0. The van der Waals surface area contributed by atoms with E-state index in [0.29, 0.717) is 17.5 Å². The molecule has 12 rings (SSSR count). The molecule has 4 aromatic heterocycles. The number of furan rings is 1. The lowest BCUT2D eigenvalue weighted by molar-refractivity contribution is 0.668. The van der Waals surface area contributed by atoms with E-state index in [1.54, 1.807) is 0 Å². The van der Waals surface area contributed by atoms with Gasteiger partial charge in [-0.05, 0) is 42.0 Å². The third kappa shape index (κ3) is 5.04. The molecule has 0 aliphatic rings. The highest BCUT2D eigenvalue weighted by Gasteiger charge is 2.19. The minimum atomic E-state index is 0.650. The van der Waals surface area contributed by atoms with Crippen molar-refractivity contribution < 1.29 is 4.42 Å². The van der Waals surface area contributed by atoms with Crippen LogP contribution in [0.1, 0.15) is 0 Å². The van der Waals surface area contributed by atoms with Crippen molar-refractivity contribution in [3.8, 4) is 51.0 Å². The van der Waals surface area contributed by atoms with Crippen LogP contribution in [0.5, 0.6) is 0 Å². The van der Waals surface area contributed by atoms with Crippen molar-refractivity contribution >= 4 is 75.3 Å². The van der Waals surface area contributed by atoms with Crippen LogP contribution in [0, 0.1) is 0 Å². The summed E-state index contributed by atoms with van der Waals surface area (Å²) in [6, 6.07) is 63.7. The molecule has 0 N–H and O–H groups in total. The Labute approximate surface area is 330 Å². The predicted octanol–water partition coefficient (Wildman–Crippen LogP) is 13.9. The highest BCUT2D eigenvalue weighted by Crippen LogP contribution is 2.45. The van der Waals surface area contributed by atoms with E-state index in [-0.39, 0.29) is 0 Å². The van der Waals surface area contributed by atoms with E-state index in [4.69, 9.17) is 19.4 Å². The second-order valence-corrected chi connectivity index (χ2v) is 15.4. The standard InChI is InChI=1S/C51H30N4OS/c1-3-13-31(14-4-1)49-52-50(32-15-5-2-6-16-32)54-51(53-49)33-25-27-37-39-20-11-21-40(48(39)57-46(37)29-33)38-19-12-24-44-47(38)41-28-26-34(30-45(41)56-44)55-42-22-9-7-17-35(42)36-18-8-10-23-43(36)55/h1-30H. The molecular formula is C51H30N4OS. The molecule has 12 aromatic rings. The molecule has 8 aromatic carbocycles. The summed E-state index contributed by atoms with van der Waals surface area (Å²) in [6.45, 7) is 0. The van der Waals surface area contributed by atoms with Crippen LogP contribution < -0.4 is 0 Å². The Morgan fingerprint density at radius 1 is 0.404 bits per heavy atom. The van der Waals surface area contributed by atoms with Gasteiger partial charge in [0.25, 0.3) is 0 Å². The molecule has 0 saturated carbocycles. The van der Waals surface area contributed by atoms with Crippen LogP contribution in [0.4, 0.5) is 0 Å². The lowest BCUT2D eigenvalue weighted by Gasteiger charge is -2.08. The molecule has 0 aliphatic carbocycles. The number of hydrogen-bond acceptors (Lipinski definition) is 5. The van der Waals surface area contributed by atoms with Gasteiger partial charge in [0.2, 0.25) is 0 Å². The normalized spacial score (nSPS) is 11.9. The van der Waals surface area contributed by atoms with Crippen molar-refractivity contribution in [3.05, 3.63) is 182 Å². The monoisotopic (exact) mass is 746 g/mol. The lowest BCUT2D eigenvalue weighted by Crippen LogP contribution is -1.99. The molecular weight excluding hydrogens is 717 g/mol. The van der Waals surface area contributed by atoms with E-state index in [1.807, 2.05) is 72.0 Å². The van der Waals surface area contributed by atoms with Gasteiger partial charge in [0.15, 0.2) is 17.5 Å². The average molecular weight is 747 g/mol. The molecule has 57 heavy (non-hydrogen) atoms. The Bertz CT molecular complexity index is 3420. The quantitative estimate of drug-likeness (QED) is 0.176. The number of nitrogens with zero attached hydrogens (tertiary/aromatic N) is 4. The Hall–Kier alpha value is -7.41. The third-order valence-corrected chi connectivity index (χ3v) is 12.3. The van der Waals surface area contributed by atoms with Crippen LogP contribution in [-0.4, -0.2) is 19.5 Å². The summed E-state index contributed by atoms with van der Waals surface area (Å²) in [5, 5.41) is 7.14. The summed E-state index contributed by atoms with van der Waals surface area (Å²) in [4.78, 5) is 14.9. The highest BCUT2D eigenvalue weighted by molar-refractivity contribution is 7.26. The van der Waals surface area contributed by atoms with E-state index in [1.165, 1.54) is 47.5 Å². The summed E-state index contributed by atoms with van der Waals surface area (Å²) in [5.74, 6) is 1.96. The fourth-order valence-electron chi connectivity index (χ4n) is 8.47. The summed E-state index contributed by atoms with van der Waals surface area (Å²) < 4.78 is 11.4. The molecule has 0 amide bonds. The molecule has 0 atom stereocenters. The molecule has 0 saturated heterocycles. The summed E-state index contributed by atoms with van der Waals surface area (Å²) in [7, 11) is 0. The van der Waals surface area contributed by atoms with E-state index in [2.05, 4.69) is 126 Å². The first kappa shape index (κ1) is 31.9. The van der Waals surface area contributed by atoms with Crippen LogP contribution in [0.3, 0.4) is 0 Å². The molecule has 0 radical (unpaired) electrons. The third-order valence-electron chi connectivity index (χ3n) is 11.1. The maximum Gasteiger partial charge on any atom is 0.164 e. The zero-order valence-corrected chi connectivity index (χ0v) is 31.2. The molecule has 5 nitrogen and oxygen atoms in total. The highest BCUT2D eigenvalue weighted by atomic mass is 32.1. The predicted molar refractivity (Wildman–Crippen MR) is 236 cm³/mol. The van der Waals surface area contributed by atoms with Crippen LogP contribution in [0.2, 0.25) is 0 Å². The molecule has 4 heterocycles. The van der Waals surface area contributed by atoms with Crippen molar-refractivity contribution in [2.45, 2.75) is 0 Å². The van der Waals surface area contributed by atoms with Gasteiger partial charge >= 0.3 is 0 Å². The van der Waals surface area contributed by atoms with Crippen molar-refractivity contribution in [1.82, 2.24) is 19.5 Å². The zero-order valence-electron chi connectivity index (χ0n) is 30.4. The largest absolute Gasteiger partial charge is 0.456 e. The van der Waals surface area contributed by atoms with Crippen LogP contribution in [0.15, 0.2) is 186 Å². The summed E-state index contributed by atoms with van der Waals surface area (Å²) in [6.07, 6.45) is 0. The van der Waals surface area contributed by atoms with Gasteiger partial charge in [-0.1, -0.05) is 140 Å². The minimum absolute atomic E-state index is 0.650. The number of para-hydroxylation sites is 2. The molecule has 0 fully saturated rings. The first-order valence-corrected chi connectivity index (χ1v) is 19.8. The Kier molecular flexibility index (Phi) is 7.03. The average Bonchev–Trinajstić information content (AvgIpc) is 3.96. The Morgan fingerprint density at radius 2 is 0.982 bits per heavy atom. The second kappa shape index (κ2) is 12.6. The molecule has 0 bridgehead atoms. The number of fused-ring (bicyclic) bond motifs is 9. The van der Waals surface area contributed by atoms with Gasteiger partial charge < -0.3 is 8.98 Å². The Balaban J connectivity index is 0.999. The number of hydrogen-bond donors (Lipinski definition) is 0. The second-order valence-electron chi connectivity index (χ2n) is 14.4. The summed E-state index contributed by atoms with van der Waals surface area (Å²) >= 11 is 1.81. The number of rotatable bonds is 5. The van der Waals surface area contributed by atoms with Crippen molar-refractivity contribution in [2.75, 3.05) is 0 Å². The van der Waals surface area contributed by atoms with E-state index < -0.39 is 0 Å². The number of aromatic nitrogens is 4. The topological polar surface area (TPSA) is 56.7 Å². The molecule has 0 spiro atoms. The first-order chi connectivity index (χ1) is 28.2. The van der Waals surface area contributed by atoms with E-state index >= 15 is 0 Å². The number of benzene rings is 8. The first-order valence-electron chi connectivity index (χ1n) is 19.0. The lowest BCUT2D eigenvalue weighted by atomic mass is 9.97.